The molecule has 0 spiro atoms. The first-order valence-corrected chi connectivity index (χ1v) is 11.1. The Kier molecular flexibility index (Phi) is 4.04. The number of rotatable bonds is 3. The summed E-state index contributed by atoms with van der Waals surface area (Å²) in [6, 6.07) is 32.1. The van der Waals surface area contributed by atoms with Crippen molar-refractivity contribution in [1.82, 2.24) is 5.32 Å². The first-order valence-electron chi connectivity index (χ1n) is 11.1. The van der Waals surface area contributed by atoms with Gasteiger partial charge in [0.2, 0.25) is 5.91 Å². The Bertz CT molecular complexity index is 1270. The van der Waals surface area contributed by atoms with E-state index < -0.39 is 5.41 Å². The molecule has 0 aliphatic heterocycles. The van der Waals surface area contributed by atoms with Crippen molar-refractivity contribution in [3.05, 3.63) is 119 Å². The minimum atomic E-state index is -0.460. The summed E-state index contributed by atoms with van der Waals surface area (Å²) >= 11 is 0. The molecular weight excluding hydrogens is 378 g/mol. The number of amides is 1. The molecule has 2 bridgehead atoms. The quantitative estimate of drug-likeness (QED) is 0.437. The molecule has 7 rings (SSSR count). The van der Waals surface area contributed by atoms with Crippen molar-refractivity contribution in [3.8, 4) is 0 Å². The second-order valence-corrected chi connectivity index (χ2v) is 9.19. The molecule has 0 fully saturated rings. The Hall–Kier alpha value is -3.39. The normalized spacial score (nSPS) is 23.3. The van der Waals surface area contributed by atoms with E-state index in [0.717, 1.165) is 12.0 Å². The summed E-state index contributed by atoms with van der Waals surface area (Å²) in [5.74, 6) is 0.530. The van der Waals surface area contributed by atoms with Crippen LogP contribution in [0.25, 0.3) is 10.8 Å². The summed E-state index contributed by atoms with van der Waals surface area (Å²) in [5.41, 5.74) is 6.13. The van der Waals surface area contributed by atoms with E-state index in [1.165, 1.54) is 33.0 Å². The van der Waals surface area contributed by atoms with E-state index in [2.05, 4.69) is 103 Å². The average molecular weight is 404 g/mol. The minimum Gasteiger partial charge on any atom is -0.352 e. The van der Waals surface area contributed by atoms with Gasteiger partial charge in [-0.15, -0.1) is 0 Å². The molecule has 3 aliphatic carbocycles. The van der Waals surface area contributed by atoms with Gasteiger partial charge in [0.15, 0.2) is 0 Å². The number of hydrogen-bond acceptors (Lipinski definition) is 1. The van der Waals surface area contributed by atoms with Crippen LogP contribution in [0.4, 0.5) is 0 Å². The van der Waals surface area contributed by atoms with E-state index in [9.17, 15) is 4.79 Å². The van der Waals surface area contributed by atoms with Gasteiger partial charge < -0.3 is 5.32 Å². The lowest BCUT2D eigenvalue weighted by Gasteiger charge is -2.50. The van der Waals surface area contributed by atoms with Gasteiger partial charge in [-0.25, -0.2) is 0 Å². The molecule has 2 nitrogen and oxygen atoms in total. The van der Waals surface area contributed by atoms with Gasteiger partial charge in [-0.2, -0.15) is 0 Å². The summed E-state index contributed by atoms with van der Waals surface area (Å²) < 4.78 is 0. The lowest BCUT2D eigenvalue weighted by Crippen LogP contribution is -2.49. The SMILES string of the molecule is CC1(C(=O)NCc2cccc3ccccc23)CC2c3ccccc3C1c1ccccc12. The smallest absolute Gasteiger partial charge is 0.227 e. The monoisotopic (exact) mass is 403 g/mol. The van der Waals surface area contributed by atoms with Crippen LogP contribution in [0.2, 0.25) is 0 Å². The highest BCUT2D eigenvalue weighted by atomic mass is 16.2. The van der Waals surface area contributed by atoms with Crippen LogP contribution in [-0.4, -0.2) is 5.91 Å². The standard InChI is InChI=1S/C29H25NO/c1-29(28(31)30-18-20-11-8-10-19-9-2-3-12-21(19)20)17-26-22-13-4-6-15-24(22)27(29)25-16-7-5-14-23(25)26/h2-16,26-27H,17-18H2,1H3,(H,30,31). The van der Waals surface area contributed by atoms with Gasteiger partial charge in [-0.3, -0.25) is 4.79 Å². The second kappa shape index (κ2) is 6.81. The van der Waals surface area contributed by atoms with Crippen LogP contribution in [0.5, 0.6) is 0 Å². The molecule has 1 unspecified atom stereocenters. The molecule has 152 valence electrons. The number of benzene rings is 4. The van der Waals surface area contributed by atoms with Gasteiger partial charge in [0.05, 0.1) is 5.41 Å². The molecule has 4 aromatic rings. The van der Waals surface area contributed by atoms with Crippen molar-refractivity contribution in [1.29, 1.82) is 0 Å². The van der Waals surface area contributed by atoms with Gasteiger partial charge in [0.25, 0.3) is 0 Å². The fraction of sp³-hybridized carbons (Fsp3) is 0.207. The molecule has 1 atom stereocenters. The molecule has 31 heavy (non-hydrogen) atoms. The fourth-order valence-corrected chi connectivity index (χ4v) is 6.01. The van der Waals surface area contributed by atoms with E-state index in [1.807, 2.05) is 0 Å². The van der Waals surface area contributed by atoms with E-state index in [1.54, 1.807) is 0 Å². The molecular formula is C29H25NO. The van der Waals surface area contributed by atoms with Crippen LogP contribution in [0.3, 0.4) is 0 Å². The Labute approximate surface area is 182 Å². The summed E-state index contributed by atoms with van der Waals surface area (Å²) in [4.78, 5) is 13.7. The second-order valence-electron chi connectivity index (χ2n) is 9.19. The lowest BCUT2D eigenvalue weighted by molar-refractivity contribution is -0.132. The summed E-state index contributed by atoms with van der Waals surface area (Å²) in [7, 11) is 0. The highest BCUT2D eigenvalue weighted by Crippen LogP contribution is 2.60. The van der Waals surface area contributed by atoms with Crippen molar-refractivity contribution in [2.75, 3.05) is 0 Å². The van der Waals surface area contributed by atoms with Gasteiger partial charge in [0.1, 0.15) is 0 Å². The first-order chi connectivity index (χ1) is 15.2. The summed E-state index contributed by atoms with van der Waals surface area (Å²) in [5, 5.41) is 5.72. The first kappa shape index (κ1) is 18.4. The van der Waals surface area contributed by atoms with Gasteiger partial charge in [-0.1, -0.05) is 91.0 Å². The molecule has 1 N–H and O–H groups in total. The molecule has 4 aromatic carbocycles. The molecule has 3 aliphatic rings. The van der Waals surface area contributed by atoms with Crippen LogP contribution in [0.1, 0.15) is 53.0 Å². The van der Waals surface area contributed by atoms with Crippen molar-refractivity contribution in [2.45, 2.75) is 31.7 Å². The van der Waals surface area contributed by atoms with E-state index in [4.69, 9.17) is 0 Å². The van der Waals surface area contributed by atoms with Crippen LogP contribution in [0.15, 0.2) is 91.0 Å². The van der Waals surface area contributed by atoms with Crippen molar-refractivity contribution >= 4 is 16.7 Å². The zero-order valence-corrected chi connectivity index (χ0v) is 17.6. The fourth-order valence-electron chi connectivity index (χ4n) is 6.01. The van der Waals surface area contributed by atoms with Crippen LogP contribution in [-0.2, 0) is 11.3 Å². The maximum atomic E-state index is 13.7. The molecule has 2 heteroatoms. The minimum absolute atomic E-state index is 0.0948. The Balaban J connectivity index is 1.36. The zero-order chi connectivity index (χ0) is 21.0. The third kappa shape index (κ3) is 2.68. The maximum Gasteiger partial charge on any atom is 0.227 e. The van der Waals surface area contributed by atoms with Crippen molar-refractivity contribution in [3.63, 3.8) is 0 Å². The largest absolute Gasteiger partial charge is 0.352 e. The molecule has 0 saturated heterocycles. The number of hydrogen-bond donors (Lipinski definition) is 1. The lowest BCUT2D eigenvalue weighted by atomic mass is 9.52. The third-order valence-corrected chi connectivity index (χ3v) is 7.47. The summed E-state index contributed by atoms with van der Waals surface area (Å²) in [6.45, 7) is 2.71. The van der Waals surface area contributed by atoms with E-state index in [-0.39, 0.29) is 17.7 Å². The van der Waals surface area contributed by atoms with Gasteiger partial charge in [-0.05, 0) is 51.9 Å². The highest BCUT2D eigenvalue weighted by Gasteiger charge is 2.53. The highest BCUT2D eigenvalue weighted by molar-refractivity contribution is 5.88. The van der Waals surface area contributed by atoms with E-state index in [0.29, 0.717) is 6.54 Å². The van der Waals surface area contributed by atoms with Crippen LogP contribution in [0, 0.1) is 5.41 Å². The number of nitrogens with one attached hydrogen (secondary N) is 1. The van der Waals surface area contributed by atoms with Crippen molar-refractivity contribution < 1.29 is 4.79 Å². The molecule has 1 amide bonds. The molecule has 0 radical (unpaired) electrons. The molecule has 0 aromatic heterocycles. The number of carbonyl (C=O) groups excluding carboxylic acids is 1. The Morgan fingerprint density at radius 3 is 2.10 bits per heavy atom. The third-order valence-electron chi connectivity index (χ3n) is 7.47. The predicted molar refractivity (Wildman–Crippen MR) is 125 cm³/mol. The zero-order valence-electron chi connectivity index (χ0n) is 17.6. The average Bonchev–Trinajstić information content (AvgIpc) is 2.82. The maximum absolute atomic E-state index is 13.7. The van der Waals surface area contributed by atoms with E-state index >= 15 is 0 Å². The van der Waals surface area contributed by atoms with Gasteiger partial charge in [0, 0.05) is 18.4 Å². The Morgan fingerprint density at radius 1 is 0.806 bits per heavy atom. The molecule has 0 saturated carbocycles. The molecule has 0 heterocycles. The number of carbonyl (C=O) groups is 1. The van der Waals surface area contributed by atoms with Crippen molar-refractivity contribution in [2.24, 2.45) is 5.41 Å². The topological polar surface area (TPSA) is 29.1 Å². The van der Waals surface area contributed by atoms with Crippen LogP contribution >= 0.6 is 0 Å². The van der Waals surface area contributed by atoms with Crippen LogP contribution < -0.4 is 5.32 Å². The predicted octanol–water partition coefficient (Wildman–Crippen LogP) is 6.14. The van der Waals surface area contributed by atoms with Gasteiger partial charge >= 0.3 is 0 Å². The Morgan fingerprint density at radius 2 is 1.39 bits per heavy atom. The number of fused-ring (bicyclic) bond motifs is 2. The summed E-state index contributed by atoms with van der Waals surface area (Å²) in [6.07, 6.45) is 0.854.